The first-order valence-electron chi connectivity index (χ1n) is 6.75. The summed E-state index contributed by atoms with van der Waals surface area (Å²) < 4.78 is 14.8. The third kappa shape index (κ3) is 2.61. The van der Waals surface area contributed by atoms with E-state index in [9.17, 15) is 9.18 Å². The van der Waals surface area contributed by atoms with Gasteiger partial charge in [0.2, 0.25) is 5.91 Å². The van der Waals surface area contributed by atoms with E-state index in [4.69, 9.17) is 5.73 Å². The third-order valence-corrected chi connectivity index (χ3v) is 3.48. The van der Waals surface area contributed by atoms with Crippen LogP contribution in [0.1, 0.15) is 10.4 Å². The lowest BCUT2D eigenvalue weighted by Crippen LogP contribution is -2.10. The van der Waals surface area contributed by atoms with Gasteiger partial charge in [0.25, 0.3) is 0 Å². The van der Waals surface area contributed by atoms with Gasteiger partial charge >= 0.3 is 0 Å². The fourth-order valence-electron chi connectivity index (χ4n) is 2.30. The second kappa shape index (κ2) is 5.44. The van der Waals surface area contributed by atoms with Gasteiger partial charge in [-0.1, -0.05) is 12.1 Å². The largest absolute Gasteiger partial charge is 0.366 e. The van der Waals surface area contributed by atoms with Crippen LogP contribution in [0.15, 0.2) is 54.6 Å². The molecule has 2 N–H and O–H groups in total. The summed E-state index contributed by atoms with van der Waals surface area (Å²) in [7, 11) is 1.83. The highest BCUT2D eigenvalue weighted by atomic mass is 19.1. The molecule has 3 rings (SSSR count). The first-order valence-corrected chi connectivity index (χ1v) is 6.75. The number of carbonyl (C=O) groups excluding carboxylic acids is 1. The number of nitrogens with zero attached hydrogens (tertiary/aromatic N) is 2. The average Bonchev–Trinajstić information content (AvgIpc) is 2.90. The van der Waals surface area contributed by atoms with E-state index in [1.807, 2.05) is 13.1 Å². The Bertz CT molecular complexity index is 820. The van der Waals surface area contributed by atoms with Gasteiger partial charge in [0, 0.05) is 18.2 Å². The number of rotatable bonds is 3. The van der Waals surface area contributed by atoms with Crippen molar-refractivity contribution in [3.05, 3.63) is 66.0 Å². The van der Waals surface area contributed by atoms with Crippen LogP contribution in [0.4, 0.5) is 4.39 Å². The second-order valence-corrected chi connectivity index (χ2v) is 4.99. The lowest BCUT2D eigenvalue weighted by molar-refractivity contribution is 0.100. The van der Waals surface area contributed by atoms with E-state index in [0.29, 0.717) is 5.56 Å². The molecule has 0 aliphatic rings. The number of carbonyl (C=O) groups is 1. The Balaban J connectivity index is 1.98. The molecule has 4 nitrogen and oxygen atoms in total. The number of benzene rings is 2. The molecule has 0 saturated carbocycles. The number of aromatic nitrogens is 2. The first kappa shape index (κ1) is 14.0. The van der Waals surface area contributed by atoms with Gasteiger partial charge in [-0.15, -0.1) is 0 Å². The van der Waals surface area contributed by atoms with Crippen molar-refractivity contribution in [3.63, 3.8) is 0 Å². The molecule has 0 spiro atoms. The number of aryl methyl sites for hydroxylation is 1. The normalized spacial score (nSPS) is 10.6. The molecule has 22 heavy (non-hydrogen) atoms. The number of primary amides is 1. The summed E-state index contributed by atoms with van der Waals surface area (Å²) in [6, 6.07) is 15.1. The number of amides is 1. The van der Waals surface area contributed by atoms with Crippen LogP contribution in [0.3, 0.4) is 0 Å². The number of hydrogen-bond acceptors (Lipinski definition) is 2. The van der Waals surface area contributed by atoms with E-state index < -0.39 is 5.91 Å². The zero-order valence-corrected chi connectivity index (χ0v) is 12.0. The Hall–Kier alpha value is -2.95. The van der Waals surface area contributed by atoms with Crippen molar-refractivity contribution in [2.75, 3.05) is 0 Å². The summed E-state index contributed by atoms with van der Waals surface area (Å²) in [6.45, 7) is 0. The highest BCUT2D eigenvalue weighted by Crippen LogP contribution is 2.26. The van der Waals surface area contributed by atoms with Crippen molar-refractivity contribution in [3.8, 4) is 22.5 Å². The van der Waals surface area contributed by atoms with Gasteiger partial charge in [0.15, 0.2) is 0 Å². The van der Waals surface area contributed by atoms with Crippen LogP contribution in [0.2, 0.25) is 0 Å². The molecule has 1 amide bonds. The van der Waals surface area contributed by atoms with Crippen molar-refractivity contribution in [2.24, 2.45) is 12.8 Å². The minimum Gasteiger partial charge on any atom is -0.366 e. The van der Waals surface area contributed by atoms with Gasteiger partial charge in [0.1, 0.15) is 5.82 Å². The molecule has 0 atom stereocenters. The predicted octanol–water partition coefficient (Wildman–Crippen LogP) is 2.99. The highest BCUT2D eigenvalue weighted by molar-refractivity contribution is 5.93. The van der Waals surface area contributed by atoms with E-state index >= 15 is 0 Å². The SMILES string of the molecule is Cn1nc(-c2ccc(C(N)=O)cc2)cc1-c1ccc(F)cc1. The highest BCUT2D eigenvalue weighted by Gasteiger charge is 2.10. The molecule has 110 valence electrons. The Kier molecular flexibility index (Phi) is 3.47. The van der Waals surface area contributed by atoms with Crippen LogP contribution in [0.25, 0.3) is 22.5 Å². The average molecular weight is 295 g/mol. The standard InChI is InChI=1S/C17H14FN3O/c1-21-16(12-6-8-14(18)9-7-12)10-15(20-21)11-2-4-13(5-3-11)17(19)22/h2-10H,1H3,(H2,19,22). The van der Waals surface area contributed by atoms with Crippen molar-refractivity contribution >= 4 is 5.91 Å². The Morgan fingerprint density at radius 2 is 1.64 bits per heavy atom. The molecular weight excluding hydrogens is 281 g/mol. The van der Waals surface area contributed by atoms with Crippen LogP contribution in [0, 0.1) is 5.82 Å². The molecule has 1 aromatic heterocycles. The molecule has 1 heterocycles. The van der Waals surface area contributed by atoms with E-state index in [0.717, 1.165) is 22.5 Å². The van der Waals surface area contributed by atoms with Gasteiger partial charge in [0.05, 0.1) is 11.4 Å². The molecule has 0 radical (unpaired) electrons. The van der Waals surface area contributed by atoms with Gasteiger partial charge < -0.3 is 5.73 Å². The van der Waals surface area contributed by atoms with Gasteiger partial charge in [-0.2, -0.15) is 5.10 Å². The van der Waals surface area contributed by atoms with Crippen LogP contribution < -0.4 is 5.73 Å². The maximum Gasteiger partial charge on any atom is 0.248 e. The lowest BCUT2D eigenvalue weighted by atomic mass is 10.1. The molecule has 5 heteroatoms. The summed E-state index contributed by atoms with van der Waals surface area (Å²) in [4.78, 5) is 11.1. The fraction of sp³-hybridized carbons (Fsp3) is 0.0588. The minimum absolute atomic E-state index is 0.270. The monoisotopic (exact) mass is 295 g/mol. The summed E-state index contributed by atoms with van der Waals surface area (Å²) >= 11 is 0. The number of halogens is 1. The first-order chi connectivity index (χ1) is 10.5. The summed E-state index contributed by atoms with van der Waals surface area (Å²) in [5.74, 6) is -0.729. The van der Waals surface area contributed by atoms with Crippen molar-refractivity contribution < 1.29 is 9.18 Å². The van der Waals surface area contributed by atoms with Crippen molar-refractivity contribution in [1.82, 2.24) is 9.78 Å². The van der Waals surface area contributed by atoms with Gasteiger partial charge in [-0.05, 0) is 48.0 Å². The van der Waals surface area contributed by atoms with Gasteiger partial charge in [-0.3, -0.25) is 9.48 Å². The smallest absolute Gasteiger partial charge is 0.248 e. The Morgan fingerprint density at radius 3 is 2.23 bits per heavy atom. The Labute approximate surface area is 127 Å². The molecule has 0 fully saturated rings. The fourth-order valence-corrected chi connectivity index (χ4v) is 2.30. The number of nitrogens with two attached hydrogens (primary N) is 1. The Morgan fingerprint density at radius 1 is 1.05 bits per heavy atom. The molecular formula is C17H14FN3O. The molecule has 0 unspecified atom stereocenters. The van der Waals surface area contributed by atoms with E-state index in [2.05, 4.69) is 5.10 Å². The molecule has 0 aliphatic heterocycles. The molecule has 3 aromatic rings. The third-order valence-electron chi connectivity index (χ3n) is 3.48. The summed E-state index contributed by atoms with van der Waals surface area (Å²) in [5.41, 5.74) is 9.11. The molecule has 0 saturated heterocycles. The summed E-state index contributed by atoms with van der Waals surface area (Å²) in [6.07, 6.45) is 0. The van der Waals surface area contributed by atoms with E-state index in [-0.39, 0.29) is 5.82 Å². The summed E-state index contributed by atoms with van der Waals surface area (Å²) in [5, 5.41) is 4.46. The lowest BCUT2D eigenvalue weighted by Gasteiger charge is -2.00. The zero-order chi connectivity index (χ0) is 15.7. The second-order valence-electron chi connectivity index (χ2n) is 4.99. The van der Waals surface area contributed by atoms with Crippen molar-refractivity contribution in [1.29, 1.82) is 0 Å². The molecule has 0 aliphatic carbocycles. The molecule has 2 aromatic carbocycles. The number of hydrogen-bond donors (Lipinski definition) is 1. The van der Waals surface area contributed by atoms with Crippen LogP contribution in [-0.2, 0) is 7.05 Å². The van der Waals surface area contributed by atoms with Crippen LogP contribution in [-0.4, -0.2) is 15.7 Å². The van der Waals surface area contributed by atoms with Gasteiger partial charge in [-0.25, -0.2) is 4.39 Å². The van der Waals surface area contributed by atoms with Crippen molar-refractivity contribution in [2.45, 2.75) is 0 Å². The minimum atomic E-state index is -0.459. The topological polar surface area (TPSA) is 60.9 Å². The van der Waals surface area contributed by atoms with Crippen LogP contribution >= 0.6 is 0 Å². The van der Waals surface area contributed by atoms with E-state index in [1.54, 1.807) is 41.1 Å². The predicted molar refractivity (Wildman–Crippen MR) is 82.6 cm³/mol. The quantitative estimate of drug-likeness (QED) is 0.807. The maximum absolute atomic E-state index is 13.0. The van der Waals surface area contributed by atoms with Crippen LogP contribution in [0.5, 0.6) is 0 Å². The zero-order valence-electron chi connectivity index (χ0n) is 12.0. The maximum atomic E-state index is 13.0. The molecule has 0 bridgehead atoms. The van der Waals surface area contributed by atoms with E-state index in [1.165, 1.54) is 12.1 Å².